The van der Waals surface area contributed by atoms with Crippen molar-refractivity contribution >= 4 is 0 Å². The predicted molar refractivity (Wildman–Crippen MR) is 72.4 cm³/mol. The molecule has 6 heteroatoms. The number of rotatable bonds is 5. The Morgan fingerprint density at radius 1 is 1.40 bits per heavy atom. The number of hydrogen-bond acceptors (Lipinski definition) is 5. The maximum Gasteiger partial charge on any atom is 0.260 e. The van der Waals surface area contributed by atoms with Crippen molar-refractivity contribution < 1.29 is 13.7 Å². The van der Waals surface area contributed by atoms with Crippen LogP contribution in [0.25, 0.3) is 11.5 Å². The Kier molecular flexibility index (Phi) is 4.46. The number of benzene rings is 1. The van der Waals surface area contributed by atoms with Gasteiger partial charge in [-0.3, -0.25) is 0 Å². The molecule has 0 saturated heterocycles. The smallest absolute Gasteiger partial charge is 0.260 e. The van der Waals surface area contributed by atoms with Gasteiger partial charge in [0.2, 0.25) is 0 Å². The van der Waals surface area contributed by atoms with Gasteiger partial charge in [-0.1, -0.05) is 16.8 Å². The van der Waals surface area contributed by atoms with Crippen LogP contribution in [-0.4, -0.2) is 22.9 Å². The molecule has 0 amide bonds. The van der Waals surface area contributed by atoms with Crippen LogP contribution in [0, 0.1) is 12.7 Å². The maximum atomic E-state index is 13.7. The number of hydrogen-bond donors (Lipinski definition) is 1. The highest BCUT2D eigenvalue weighted by Crippen LogP contribution is 2.23. The first-order valence-electron chi connectivity index (χ1n) is 6.44. The molecule has 1 atom stereocenters. The van der Waals surface area contributed by atoms with E-state index in [2.05, 4.69) is 10.1 Å². The van der Waals surface area contributed by atoms with Crippen LogP contribution in [0.3, 0.4) is 0 Å². The fraction of sp³-hybridized carbons (Fsp3) is 0.429. The largest absolute Gasteiger partial charge is 0.377 e. The van der Waals surface area contributed by atoms with Gasteiger partial charge in [0.25, 0.3) is 5.89 Å². The first-order valence-corrected chi connectivity index (χ1v) is 6.44. The molecular formula is C14H18FN3O2. The molecule has 0 saturated carbocycles. The minimum Gasteiger partial charge on any atom is -0.377 e. The van der Waals surface area contributed by atoms with E-state index in [0.717, 1.165) is 5.56 Å². The second-order valence-corrected chi connectivity index (χ2v) is 4.93. The lowest BCUT2D eigenvalue weighted by molar-refractivity contribution is 0.0665. The first kappa shape index (κ1) is 14.6. The van der Waals surface area contributed by atoms with Gasteiger partial charge in [-0.05, 0) is 32.9 Å². The number of aromatic nitrogens is 2. The highest BCUT2D eigenvalue weighted by Gasteiger charge is 2.18. The van der Waals surface area contributed by atoms with Crippen LogP contribution in [-0.2, 0) is 4.74 Å². The highest BCUT2D eigenvalue weighted by molar-refractivity contribution is 5.55. The third kappa shape index (κ3) is 3.40. The standard InChI is InChI=1S/C14H18FN3O2/c1-8(2)19-7-12(16)13-17-14(20-18-13)10-6-9(3)4-5-11(10)15/h4-6,8,12H,7,16H2,1-3H3. The van der Waals surface area contributed by atoms with Gasteiger partial charge in [0.15, 0.2) is 5.82 Å². The predicted octanol–water partition coefficient (Wildman–Crippen LogP) is 2.61. The molecule has 2 N–H and O–H groups in total. The Morgan fingerprint density at radius 3 is 2.85 bits per heavy atom. The van der Waals surface area contributed by atoms with E-state index in [1.807, 2.05) is 20.8 Å². The summed E-state index contributed by atoms with van der Waals surface area (Å²) >= 11 is 0. The molecule has 1 heterocycles. The van der Waals surface area contributed by atoms with Crippen molar-refractivity contribution in [2.45, 2.75) is 32.9 Å². The monoisotopic (exact) mass is 279 g/mol. The fourth-order valence-corrected chi connectivity index (χ4v) is 1.67. The van der Waals surface area contributed by atoms with Crippen LogP contribution < -0.4 is 5.73 Å². The lowest BCUT2D eigenvalue weighted by Crippen LogP contribution is -2.20. The van der Waals surface area contributed by atoms with Crippen LogP contribution in [0.2, 0.25) is 0 Å². The lowest BCUT2D eigenvalue weighted by Gasteiger charge is -2.10. The molecule has 1 aromatic heterocycles. The second kappa shape index (κ2) is 6.11. The summed E-state index contributed by atoms with van der Waals surface area (Å²) in [6.07, 6.45) is 0.0710. The van der Waals surface area contributed by atoms with Crippen LogP contribution in [0.15, 0.2) is 22.7 Å². The summed E-state index contributed by atoms with van der Waals surface area (Å²) < 4.78 is 24.2. The minimum atomic E-state index is -0.497. The zero-order chi connectivity index (χ0) is 14.7. The number of ether oxygens (including phenoxy) is 1. The van der Waals surface area contributed by atoms with Gasteiger partial charge < -0.3 is 15.0 Å². The molecule has 1 unspecified atom stereocenters. The molecule has 108 valence electrons. The molecule has 0 aliphatic rings. The Balaban J connectivity index is 2.18. The van der Waals surface area contributed by atoms with Gasteiger partial charge >= 0.3 is 0 Å². The molecule has 5 nitrogen and oxygen atoms in total. The maximum absolute atomic E-state index is 13.7. The molecule has 0 fully saturated rings. The van der Waals surface area contributed by atoms with Crippen molar-refractivity contribution in [3.05, 3.63) is 35.4 Å². The average molecular weight is 279 g/mol. The zero-order valence-corrected chi connectivity index (χ0v) is 11.8. The lowest BCUT2D eigenvalue weighted by atomic mass is 10.1. The Bertz CT molecular complexity index is 584. The molecule has 1 aromatic carbocycles. The van der Waals surface area contributed by atoms with E-state index in [0.29, 0.717) is 5.82 Å². The third-order valence-electron chi connectivity index (χ3n) is 2.73. The molecule has 2 rings (SSSR count). The second-order valence-electron chi connectivity index (χ2n) is 4.93. The molecule has 0 spiro atoms. The summed E-state index contributed by atoms with van der Waals surface area (Å²) in [5, 5.41) is 3.78. The van der Waals surface area contributed by atoms with E-state index in [9.17, 15) is 4.39 Å². The fourth-order valence-electron chi connectivity index (χ4n) is 1.67. The van der Waals surface area contributed by atoms with Crippen LogP contribution >= 0.6 is 0 Å². The van der Waals surface area contributed by atoms with Gasteiger partial charge in [-0.15, -0.1) is 0 Å². The molecule has 2 aromatic rings. The van der Waals surface area contributed by atoms with E-state index in [1.54, 1.807) is 12.1 Å². The number of aryl methyl sites for hydroxylation is 1. The number of nitrogens with zero attached hydrogens (tertiary/aromatic N) is 2. The van der Waals surface area contributed by atoms with E-state index >= 15 is 0 Å². The van der Waals surface area contributed by atoms with E-state index in [-0.39, 0.29) is 24.2 Å². The van der Waals surface area contributed by atoms with E-state index in [4.69, 9.17) is 15.0 Å². The van der Waals surface area contributed by atoms with E-state index < -0.39 is 11.9 Å². The quantitative estimate of drug-likeness (QED) is 0.910. The van der Waals surface area contributed by atoms with Crippen molar-refractivity contribution in [3.63, 3.8) is 0 Å². The molecule has 0 aliphatic heterocycles. The van der Waals surface area contributed by atoms with Crippen molar-refractivity contribution in [2.75, 3.05) is 6.61 Å². The summed E-state index contributed by atoms with van der Waals surface area (Å²) in [4.78, 5) is 4.14. The van der Waals surface area contributed by atoms with Crippen molar-refractivity contribution in [1.82, 2.24) is 10.1 Å². The average Bonchev–Trinajstić information content (AvgIpc) is 2.88. The zero-order valence-electron chi connectivity index (χ0n) is 11.8. The van der Waals surface area contributed by atoms with Crippen molar-refractivity contribution in [3.8, 4) is 11.5 Å². The Hall–Kier alpha value is -1.79. The summed E-state index contributed by atoms with van der Waals surface area (Å²) in [5.74, 6) is 0.0283. The van der Waals surface area contributed by atoms with Gasteiger partial charge in [0, 0.05) is 0 Å². The normalized spacial score (nSPS) is 12.9. The molecule has 0 aliphatic carbocycles. The number of nitrogens with two attached hydrogens (primary N) is 1. The summed E-state index contributed by atoms with van der Waals surface area (Å²) in [7, 11) is 0. The summed E-state index contributed by atoms with van der Waals surface area (Å²) in [5.41, 5.74) is 7.09. The van der Waals surface area contributed by atoms with Crippen molar-refractivity contribution in [1.29, 1.82) is 0 Å². The number of halogens is 1. The molecule has 0 bridgehead atoms. The Labute approximate surface area is 116 Å². The molecule has 20 heavy (non-hydrogen) atoms. The highest BCUT2D eigenvalue weighted by atomic mass is 19.1. The SMILES string of the molecule is Cc1ccc(F)c(-c2nc(C(N)COC(C)C)no2)c1. The molecular weight excluding hydrogens is 261 g/mol. The van der Waals surface area contributed by atoms with E-state index in [1.165, 1.54) is 6.07 Å². The van der Waals surface area contributed by atoms with Gasteiger partial charge in [-0.25, -0.2) is 4.39 Å². The summed E-state index contributed by atoms with van der Waals surface area (Å²) in [6, 6.07) is 4.21. The van der Waals surface area contributed by atoms with Crippen molar-refractivity contribution in [2.24, 2.45) is 5.73 Å². The molecule has 0 radical (unpaired) electrons. The van der Waals surface area contributed by atoms with Gasteiger partial charge in [0.05, 0.1) is 24.3 Å². The van der Waals surface area contributed by atoms with Crippen LogP contribution in [0.4, 0.5) is 4.39 Å². The third-order valence-corrected chi connectivity index (χ3v) is 2.73. The van der Waals surface area contributed by atoms with Gasteiger partial charge in [-0.2, -0.15) is 4.98 Å². The summed E-state index contributed by atoms with van der Waals surface area (Å²) in [6.45, 7) is 5.97. The first-order chi connectivity index (χ1) is 9.47. The Morgan fingerprint density at radius 2 is 2.15 bits per heavy atom. The van der Waals surface area contributed by atoms with Crippen LogP contribution in [0.1, 0.15) is 31.3 Å². The topological polar surface area (TPSA) is 74.2 Å². The van der Waals surface area contributed by atoms with Gasteiger partial charge in [0.1, 0.15) is 5.82 Å². The van der Waals surface area contributed by atoms with Crippen LogP contribution in [0.5, 0.6) is 0 Å². The minimum absolute atomic E-state index is 0.0710.